The van der Waals surface area contributed by atoms with Gasteiger partial charge in [-0.15, -0.1) is 0 Å². The van der Waals surface area contributed by atoms with E-state index >= 15 is 0 Å². The lowest BCUT2D eigenvalue weighted by atomic mass is 9.96. The van der Waals surface area contributed by atoms with Crippen molar-refractivity contribution in [3.8, 4) is 0 Å². The number of pyridine rings is 1. The van der Waals surface area contributed by atoms with Crippen LogP contribution in [0.1, 0.15) is 51.8 Å². The van der Waals surface area contributed by atoms with Crippen molar-refractivity contribution in [3.05, 3.63) is 24.0 Å². The standard InChI is InChI=1S/C17H29N3O/c1-4-9-18-15(5-2)16-7-6-14(11-19-16)20-10-8-17(21)13(3)12-20/h6-7,11,13,15,17-18,21H,4-5,8-10,12H2,1-3H3. The molecule has 1 aliphatic rings. The van der Waals surface area contributed by atoms with Gasteiger partial charge in [-0.25, -0.2) is 0 Å². The van der Waals surface area contributed by atoms with Crippen LogP contribution in [0.4, 0.5) is 5.69 Å². The number of rotatable bonds is 6. The van der Waals surface area contributed by atoms with Gasteiger partial charge < -0.3 is 15.3 Å². The Morgan fingerprint density at radius 2 is 2.24 bits per heavy atom. The van der Waals surface area contributed by atoms with E-state index in [2.05, 4.69) is 48.1 Å². The summed E-state index contributed by atoms with van der Waals surface area (Å²) in [5.74, 6) is 0.327. The van der Waals surface area contributed by atoms with Gasteiger partial charge in [0.15, 0.2) is 0 Å². The molecule has 1 saturated heterocycles. The number of aliphatic hydroxyl groups excluding tert-OH is 1. The van der Waals surface area contributed by atoms with Crippen molar-refractivity contribution in [1.29, 1.82) is 0 Å². The number of anilines is 1. The van der Waals surface area contributed by atoms with Gasteiger partial charge >= 0.3 is 0 Å². The maximum atomic E-state index is 9.82. The predicted octanol–water partition coefficient (Wildman–Crippen LogP) is 2.74. The van der Waals surface area contributed by atoms with Crippen molar-refractivity contribution in [1.82, 2.24) is 10.3 Å². The first kappa shape index (κ1) is 16.2. The third-order valence-electron chi connectivity index (χ3n) is 4.40. The summed E-state index contributed by atoms with van der Waals surface area (Å²) >= 11 is 0. The number of piperidine rings is 1. The molecule has 0 spiro atoms. The Morgan fingerprint density at radius 1 is 1.43 bits per heavy atom. The second-order valence-electron chi connectivity index (χ2n) is 6.14. The van der Waals surface area contributed by atoms with Crippen LogP contribution < -0.4 is 10.2 Å². The number of nitrogens with one attached hydrogen (secondary N) is 1. The molecule has 1 aromatic rings. The molecule has 2 heterocycles. The van der Waals surface area contributed by atoms with Crippen LogP contribution >= 0.6 is 0 Å². The highest BCUT2D eigenvalue weighted by atomic mass is 16.3. The molecule has 2 rings (SSSR count). The highest BCUT2D eigenvalue weighted by Gasteiger charge is 2.24. The van der Waals surface area contributed by atoms with E-state index in [0.29, 0.717) is 12.0 Å². The molecule has 4 nitrogen and oxygen atoms in total. The fourth-order valence-corrected chi connectivity index (χ4v) is 2.94. The van der Waals surface area contributed by atoms with Crippen LogP contribution in [-0.2, 0) is 0 Å². The first-order valence-electron chi connectivity index (χ1n) is 8.28. The molecule has 118 valence electrons. The summed E-state index contributed by atoms with van der Waals surface area (Å²) in [7, 11) is 0. The molecule has 1 aliphatic heterocycles. The van der Waals surface area contributed by atoms with Gasteiger partial charge in [-0.1, -0.05) is 20.8 Å². The topological polar surface area (TPSA) is 48.4 Å². The Balaban J connectivity index is 2.01. The van der Waals surface area contributed by atoms with E-state index in [-0.39, 0.29) is 6.10 Å². The Morgan fingerprint density at radius 3 is 2.81 bits per heavy atom. The summed E-state index contributed by atoms with van der Waals surface area (Å²) in [5.41, 5.74) is 2.29. The number of nitrogens with zero attached hydrogens (tertiary/aromatic N) is 2. The largest absolute Gasteiger partial charge is 0.393 e. The second kappa shape index (κ2) is 7.76. The minimum absolute atomic E-state index is 0.156. The first-order valence-corrected chi connectivity index (χ1v) is 8.28. The number of aromatic nitrogens is 1. The van der Waals surface area contributed by atoms with E-state index in [4.69, 9.17) is 0 Å². The lowest BCUT2D eigenvalue weighted by Gasteiger charge is -2.35. The van der Waals surface area contributed by atoms with Gasteiger partial charge in [0, 0.05) is 19.1 Å². The lowest BCUT2D eigenvalue weighted by Crippen LogP contribution is -2.42. The molecule has 2 N–H and O–H groups in total. The number of hydrogen-bond acceptors (Lipinski definition) is 4. The van der Waals surface area contributed by atoms with Gasteiger partial charge in [-0.05, 0) is 43.9 Å². The molecule has 1 aromatic heterocycles. The molecule has 0 radical (unpaired) electrons. The van der Waals surface area contributed by atoms with Crippen molar-refractivity contribution in [2.24, 2.45) is 5.92 Å². The summed E-state index contributed by atoms with van der Waals surface area (Å²) in [6.07, 6.45) is 4.87. The molecule has 0 aliphatic carbocycles. The molecule has 0 aromatic carbocycles. The molecular formula is C17H29N3O. The monoisotopic (exact) mass is 291 g/mol. The van der Waals surface area contributed by atoms with Crippen LogP contribution in [-0.4, -0.2) is 35.8 Å². The average Bonchev–Trinajstić information content (AvgIpc) is 2.51. The SMILES string of the molecule is CCCNC(CC)c1ccc(N2CCC(O)C(C)C2)cn1. The highest BCUT2D eigenvalue weighted by Crippen LogP contribution is 2.24. The van der Waals surface area contributed by atoms with Gasteiger partial charge in [0.1, 0.15) is 0 Å². The first-order chi connectivity index (χ1) is 10.2. The normalized spacial score (nSPS) is 24.1. The van der Waals surface area contributed by atoms with E-state index in [9.17, 15) is 5.11 Å². The molecule has 0 bridgehead atoms. The lowest BCUT2D eigenvalue weighted by molar-refractivity contribution is 0.0971. The Labute approximate surface area is 128 Å². The summed E-state index contributed by atoms with van der Waals surface area (Å²) < 4.78 is 0. The van der Waals surface area contributed by atoms with E-state index in [1.165, 1.54) is 5.69 Å². The Kier molecular flexibility index (Phi) is 6.00. The zero-order valence-electron chi connectivity index (χ0n) is 13.5. The van der Waals surface area contributed by atoms with Gasteiger partial charge in [0.05, 0.1) is 23.7 Å². The van der Waals surface area contributed by atoms with Crippen molar-refractivity contribution in [2.75, 3.05) is 24.5 Å². The van der Waals surface area contributed by atoms with E-state index in [1.807, 2.05) is 6.20 Å². The third kappa shape index (κ3) is 4.17. The summed E-state index contributed by atoms with van der Waals surface area (Å²) in [4.78, 5) is 6.98. The smallest absolute Gasteiger partial charge is 0.0599 e. The van der Waals surface area contributed by atoms with E-state index in [0.717, 1.165) is 44.6 Å². The third-order valence-corrected chi connectivity index (χ3v) is 4.40. The molecule has 0 amide bonds. The van der Waals surface area contributed by atoms with Crippen LogP contribution in [0, 0.1) is 5.92 Å². The molecule has 1 fully saturated rings. The molecule has 3 atom stereocenters. The number of aliphatic hydroxyl groups is 1. The predicted molar refractivity (Wildman–Crippen MR) is 87.6 cm³/mol. The summed E-state index contributed by atoms with van der Waals surface area (Å²) in [5, 5.41) is 13.4. The quantitative estimate of drug-likeness (QED) is 0.846. The fourth-order valence-electron chi connectivity index (χ4n) is 2.94. The van der Waals surface area contributed by atoms with Crippen LogP contribution in [0.5, 0.6) is 0 Å². The van der Waals surface area contributed by atoms with Crippen molar-refractivity contribution < 1.29 is 5.11 Å². The zero-order chi connectivity index (χ0) is 15.2. The van der Waals surface area contributed by atoms with Crippen LogP contribution in [0.15, 0.2) is 18.3 Å². The molecule has 3 unspecified atom stereocenters. The molecule has 21 heavy (non-hydrogen) atoms. The molecule has 4 heteroatoms. The number of hydrogen-bond donors (Lipinski definition) is 2. The van der Waals surface area contributed by atoms with Gasteiger partial charge in [0.25, 0.3) is 0 Å². The second-order valence-corrected chi connectivity index (χ2v) is 6.14. The minimum Gasteiger partial charge on any atom is -0.393 e. The van der Waals surface area contributed by atoms with Crippen molar-refractivity contribution >= 4 is 5.69 Å². The molecular weight excluding hydrogens is 262 g/mol. The zero-order valence-corrected chi connectivity index (χ0v) is 13.5. The van der Waals surface area contributed by atoms with Gasteiger partial charge in [-0.3, -0.25) is 4.98 Å². The van der Waals surface area contributed by atoms with E-state index < -0.39 is 0 Å². The van der Waals surface area contributed by atoms with Crippen LogP contribution in [0.3, 0.4) is 0 Å². The summed E-state index contributed by atoms with van der Waals surface area (Å²) in [6.45, 7) is 9.34. The van der Waals surface area contributed by atoms with E-state index in [1.54, 1.807) is 0 Å². The molecule has 0 saturated carbocycles. The van der Waals surface area contributed by atoms with Crippen molar-refractivity contribution in [2.45, 2.75) is 52.2 Å². The fraction of sp³-hybridized carbons (Fsp3) is 0.706. The van der Waals surface area contributed by atoms with Crippen LogP contribution in [0.25, 0.3) is 0 Å². The average molecular weight is 291 g/mol. The van der Waals surface area contributed by atoms with Gasteiger partial charge in [0.2, 0.25) is 0 Å². The Hall–Kier alpha value is -1.13. The van der Waals surface area contributed by atoms with Gasteiger partial charge in [-0.2, -0.15) is 0 Å². The minimum atomic E-state index is -0.156. The highest BCUT2D eigenvalue weighted by molar-refractivity contribution is 5.45. The maximum absolute atomic E-state index is 9.82. The Bertz CT molecular complexity index is 421. The maximum Gasteiger partial charge on any atom is 0.0599 e. The van der Waals surface area contributed by atoms with Crippen molar-refractivity contribution in [3.63, 3.8) is 0 Å². The van der Waals surface area contributed by atoms with Crippen LogP contribution in [0.2, 0.25) is 0 Å². The summed E-state index contributed by atoms with van der Waals surface area (Å²) in [6, 6.07) is 4.66.